The summed E-state index contributed by atoms with van der Waals surface area (Å²) < 4.78 is 5.16. The third-order valence-electron chi connectivity index (χ3n) is 10.2. The molecule has 4 atom stereocenters. The predicted molar refractivity (Wildman–Crippen MR) is 237 cm³/mol. The van der Waals surface area contributed by atoms with Crippen molar-refractivity contribution in [2.75, 3.05) is 33.4 Å². The molecule has 0 aliphatic carbocycles. The predicted octanol–water partition coefficient (Wildman–Crippen LogP) is 10.2. The molecule has 0 heterocycles. The minimum atomic E-state index is -1.55. The second kappa shape index (κ2) is 51.9. The number of nitrogens with one attached hydrogen (secondary N) is 1. The minimum Gasteiger partial charge on any atom is -0.466 e. The molecule has 56 heavy (non-hydrogen) atoms. The molecular formula is C47H97NO8. The quantitative estimate of drug-likeness (QED) is 0.0182. The van der Waals surface area contributed by atoms with E-state index in [4.69, 9.17) is 30.3 Å². The van der Waals surface area contributed by atoms with Crippen molar-refractivity contribution in [3.63, 3.8) is 0 Å². The van der Waals surface area contributed by atoms with Crippen LogP contribution in [0.4, 0.5) is 0 Å². The zero-order valence-electron chi connectivity index (χ0n) is 37.4. The normalized spacial score (nSPS) is 13.4. The minimum absolute atomic E-state index is 0.00172. The maximum atomic E-state index is 11.4. The van der Waals surface area contributed by atoms with Crippen molar-refractivity contribution in [3.8, 4) is 0 Å². The molecule has 0 spiro atoms. The van der Waals surface area contributed by atoms with E-state index in [2.05, 4.69) is 38.2 Å². The number of carbonyl (C=O) groups excluding carboxylic acids is 1. The van der Waals surface area contributed by atoms with Gasteiger partial charge in [0.15, 0.2) is 0 Å². The Labute approximate surface area is 346 Å². The Kier molecular flexibility index (Phi) is 55.0. The number of unbranched alkanes of at least 4 members (excludes halogenated alkanes) is 27. The highest BCUT2D eigenvalue weighted by Crippen LogP contribution is 2.14. The number of aliphatic hydroxyl groups excluding tert-OH is 6. The topological polar surface area (TPSA) is 160 Å². The molecule has 0 aromatic rings. The molecule has 0 aromatic carbocycles. The van der Waals surface area contributed by atoms with Crippen molar-refractivity contribution >= 4 is 5.97 Å². The van der Waals surface area contributed by atoms with Crippen LogP contribution in [0.15, 0.2) is 12.2 Å². The molecule has 338 valence electrons. The number of likely N-dealkylation sites (N-methyl/N-ethyl adjacent to an activating group) is 1. The van der Waals surface area contributed by atoms with Gasteiger partial charge in [-0.1, -0.05) is 187 Å². The van der Waals surface area contributed by atoms with Crippen LogP contribution in [-0.2, 0) is 9.53 Å². The Hall–Kier alpha value is -1.07. The first kappa shape index (κ1) is 59.2. The lowest BCUT2D eigenvalue weighted by Crippen LogP contribution is -2.48. The lowest BCUT2D eigenvalue weighted by atomic mass is 10.0. The van der Waals surface area contributed by atoms with E-state index in [1.54, 1.807) is 7.05 Å². The van der Waals surface area contributed by atoms with Crippen LogP contribution >= 0.6 is 0 Å². The van der Waals surface area contributed by atoms with Crippen molar-refractivity contribution in [2.24, 2.45) is 0 Å². The number of aliphatic hydroxyl groups is 6. The van der Waals surface area contributed by atoms with E-state index in [1.165, 1.54) is 173 Å². The van der Waals surface area contributed by atoms with Gasteiger partial charge in [-0.15, -0.1) is 0 Å². The van der Waals surface area contributed by atoms with Crippen molar-refractivity contribution in [2.45, 2.75) is 251 Å². The van der Waals surface area contributed by atoms with Crippen LogP contribution in [0, 0.1) is 0 Å². The van der Waals surface area contributed by atoms with E-state index in [0.29, 0.717) is 19.6 Å². The van der Waals surface area contributed by atoms with E-state index in [-0.39, 0.29) is 12.5 Å². The van der Waals surface area contributed by atoms with Crippen LogP contribution in [0.1, 0.15) is 226 Å². The van der Waals surface area contributed by atoms with Crippen LogP contribution in [0.5, 0.6) is 0 Å². The summed E-state index contributed by atoms with van der Waals surface area (Å²) in [6, 6.07) is 0. The van der Waals surface area contributed by atoms with Gasteiger partial charge in [0.1, 0.15) is 18.3 Å². The molecular weight excluding hydrogens is 707 g/mol. The summed E-state index contributed by atoms with van der Waals surface area (Å²) >= 11 is 0. The van der Waals surface area contributed by atoms with Crippen molar-refractivity contribution in [3.05, 3.63) is 12.2 Å². The average molecular weight is 804 g/mol. The highest BCUT2D eigenvalue weighted by Gasteiger charge is 2.29. The standard InChI is InChI=1S/C22H44O2.C18H36O.C7H17NO5/c1-3-5-7-8-9-10-11-12-13-14-15-16-17-18-19-20-22(23)24-21-6-4-2;1-2-3-4-5-6-7-8-9-10-11-12-13-14-15-16-17-18-19;1-8-2-4(10)6(12)7(13)5(11)3-9/h3-21H2,1-2H3;9-10,19H,2-8,11-18H2,1H3;4-13H,2-3H2,1H3/b;10-9-;/t;;4-,5+,6+,7+/m..0/s1. The first-order chi connectivity index (χ1) is 27.3. The smallest absolute Gasteiger partial charge is 0.305 e. The summed E-state index contributed by atoms with van der Waals surface area (Å²) in [5.41, 5.74) is 0. The zero-order chi connectivity index (χ0) is 42.2. The second-order valence-electron chi connectivity index (χ2n) is 15.8. The molecule has 0 unspecified atom stereocenters. The number of esters is 1. The second-order valence-corrected chi connectivity index (χ2v) is 15.8. The Bertz CT molecular complexity index is 756. The lowest BCUT2D eigenvalue weighted by molar-refractivity contribution is -0.143. The van der Waals surface area contributed by atoms with Gasteiger partial charge in [0, 0.05) is 19.6 Å². The van der Waals surface area contributed by atoms with E-state index >= 15 is 0 Å². The van der Waals surface area contributed by atoms with Crippen LogP contribution < -0.4 is 5.32 Å². The van der Waals surface area contributed by atoms with E-state index < -0.39 is 31.0 Å². The lowest BCUT2D eigenvalue weighted by Gasteiger charge is -2.25. The molecule has 0 rings (SSSR count). The number of hydrogen-bond acceptors (Lipinski definition) is 9. The van der Waals surface area contributed by atoms with Gasteiger partial charge in [-0.05, 0) is 52.0 Å². The van der Waals surface area contributed by atoms with Crippen molar-refractivity contribution in [1.29, 1.82) is 0 Å². The summed E-state index contributed by atoms with van der Waals surface area (Å²) in [5, 5.41) is 56.1. The first-order valence-electron chi connectivity index (χ1n) is 23.7. The highest BCUT2D eigenvalue weighted by molar-refractivity contribution is 5.69. The molecule has 0 fully saturated rings. The molecule has 9 heteroatoms. The maximum Gasteiger partial charge on any atom is 0.305 e. The number of allylic oxidation sites excluding steroid dienone is 2. The SMILES string of the molecule is CCCCCCCC/C=C\CCCCCCCCO.CCCCCCCCCCCCCCCCCC(=O)OCCCC.CNC[C@H](O)[C@@H](O)[C@H](O)[C@H](O)CO. The fraction of sp³-hybridized carbons (Fsp3) is 0.936. The third kappa shape index (κ3) is 49.1. The molecule has 0 bridgehead atoms. The van der Waals surface area contributed by atoms with Gasteiger partial charge in [0.05, 0.1) is 19.3 Å². The first-order valence-corrected chi connectivity index (χ1v) is 23.7. The number of rotatable bonds is 40. The maximum absolute atomic E-state index is 11.4. The fourth-order valence-corrected chi connectivity index (χ4v) is 6.30. The van der Waals surface area contributed by atoms with Gasteiger partial charge in [0.2, 0.25) is 0 Å². The molecule has 0 saturated heterocycles. The van der Waals surface area contributed by atoms with Gasteiger partial charge < -0.3 is 40.7 Å². The van der Waals surface area contributed by atoms with Gasteiger partial charge >= 0.3 is 5.97 Å². The molecule has 0 radical (unpaired) electrons. The van der Waals surface area contributed by atoms with Crippen molar-refractivity contribution < 1.29 is 40.2 Å². The number of ether oxygens (including phenoxy) is 1. The molecule has 0 aliphatic heterocycles. The van der Waals surface area contributed by atoms with Crippen LogP contribution in [0.3, 0.4) is 0 Å². The Morgan fingerprint density at radius 2 is 0.857 bits per heavy atom. The van der Waals surface area contributed by atoms with Crippen LogP contribution in [0.2, 0.25) is 0 Å². The van der Waals surface area contributed by atoms with Crippen LogP contribution in [-0.4, -0.2) is 94.4 Å². The molecule has 9 nitrogen and oxygen atoms in total. The third-order valence-corrected chi connectivity index (χ3v) is 10.2. The molecule has 0 aliphatic rings. The number of hydrogen-bond donors (Lipinski definition) is 7. The number of carbonyl (C=O) groups is 1. The van der Waals surface area contributed by atoms with Crippen molar-refractivity contribution in [1.82, 2.24) is 5.32 Å². The van der Waals surface area contributed by atoms with E-state index in [1.807, 2.05) is 0 Å². The van der Waals surface area contributed by atoms with E-state index in [9.17, 15) is 9.90 Å². The summed E-state index contributed by atoms with van der Waals surface area (Å²) in [6.07, 6.45) is 40.6. The zero-order valence-corrected chi connectivity index (χ0v) is 37.4. The molecule has 0 aromatic heterocycles. The molecule has 0 amide bonds. The fourth-order valence-electron chi connectivity index (χ4n) is 6.30. The van der Waals surface area contributed by atoms with Gasteiger partial charge in [0.25, 0.3) is 0 Å². The molecule has 7 N–H and O–H groups in total. The summed E-state index contributed by atoms with van der Waals surface area (Å²) in [7, 11) is 1.57. The Balaban J connectivity index is -0.000000787. The monoisotopic (exact) mass is 804 g/mol. The molecule has 0 saturated carbocycles. The Morgan fingerprint density at radius 3 is 1.23 bits per heavy atom. The van der Waals surface area contributed by atoms with E-state index in [0.717, 1.165) is 25.7 Å². The largest absolute Gasteiger partial charge is 0.466 e. The highest BCUT2D eigenvalue weighted by atomic mass is 16.5. The Morgan fingerprint density at radius 1 is 0.500 bits per heavy atom. The van der Waals surface area contributed by atoms with Gasteiger partial charge in [-0.2, -0.15) is 0 Å². The average Bonchev–Trinajstić information content (AvgIpc) is 3.20. The summed E-state index contributed by atoms with van der Waals surface area (Å²) in [4.78, 5) is 11.4. The van der Waals surface area contributed by atoms with Gasteiger partial charge in [-0.25, -0.2) is 0 Å². The summed E-state index contributed by atoms with van der Waals surface area (Å²) in [6.45, 7) is 7.07. The summed E-state index contributed by atoms with van der Waals surface area (Å²) in [5.74, 6) is -0.00172. The van der Waals surface area contributed by atoms with Gasteiger partial charge in [-0.3, -0.25) is 4.79 Å². The van der Waals surface area contributed by atoms with Crippen LogP contribution in [0.25, 0.3) is 0 Å².